The summed E-state index contributed by atoms with van der Waals surface area (Å²) in [4.78, 5) is 14.9. The molecule has 3 rings (SSSR count). The monoisotopic (exact) mass is 412 g/mol. The zero-order valence-electron chi connectivity index (χ0n) is 18.0. The first-order chi connectivity index (χ1) is 14.7. The zero-order valence-corrected chi connectivity index (χ0v) is 18.0. The van der Waals surface area contributed by atoms with Crippen LogP contribution in [0.5, 0.6) is 11.5 Å². The lowest BCUT2D eigenvalue weighted by molar-refractivity contribution is 0.0342. The van der Waals surface area contributed by atoms with Gasteiger partial charge in [0.25, 0.3) is 5.91 Å². The lowest BCUT2D eigenvalue weighted by atomic mass is 10.1. The summed E-state index contributed by atoms with van der Waals surface area (Å²) in [5.74, 6) is 1.48. The van der Waals surface area contributed by atoms with E-state index < -0.39 is 0 Å². The van der Waals surface area contributed by atoms with Crippen molar-refractivity contribution in [2.24, 2.45) is 0 Å². The topological polar surface area (TPSA) is 60.0 Å². The molecule has 0 radical (unpaired) electrons. The molecule has 0 atom stereocenters. The third-order valence-electron chi connectivity index (χ3n) is 5.15. The van der Waals surface area contributed by atoms with Crippen LogP contribution in [-0.4, -0.2) is 57.4 Å². The number of benzene rings is 2. The van der Waals surface area contributed by atoms with Crippen LogP contribution in [0, 0.1) is 0 Å². The molecule has 1 amide bonds. The maximum atomic E-state index is 12.5. The van der Waals surface area contributed by atoms with E-state index in [4.69, 9.17) is 14.2 Å². The van der Waals surface area contributed by atoms with Crippen LogP contribution in [0.4, 0.5) is 0 Å². The van der Waals surface area contributed by atoms with Crippen LogP contribution in [0.25, 0.3) is 0 Å². The molecular formula is C24H32N2O4. The van der Waals surface area contributed by atoms with Crippen molar-refractivity contribution >= 4 is 5.91 Å². The second-order valence-corrected chi connectivity index (χ2v) is 7.37. The highest BCUT2D eigenvalue weighted by molar-refractivity contribution is 5.94. The van der Waals surface area contributed by atoms with Crippen molar-refractivity contribution in [2.75, 3.05) is 46.6 Å². The van der Waals surface area contributed by atoms with Gasteiger partial charge in [0.15, 0.2) is 11.5 Å². The largest absolute Gasteiger partial charge is 0.493 e. The molecule has 1 N–H and O–H groups in total. The standard InChI is InChI=1S/C24H32N2O4/c1-3-30-22-10-9-19(17-23(22)28-2)7-5-11-25-24(27)21-8-4-6-20(16-21)18-26-12-14-29-15-13-26/h4,6,8-10,16-17H,3,5,7,11-15,18H2,1-2H3,(H,25,27). The summed E-state index contributed by atoms with van der Waals surface area (Å²) in [6.45, 7) is 7.47. The highest BCUT2D eigenvalue weighted by Gasteiger charge is 2.12. The van der Waals surface area contributed by atoms with Gasteiger partial charge >= 0.3 is 0 Å². The summed E-state index contributed by atoms with van der Waals surface area (Å²) < 4.78 is 16.4. The number of methoxy groups -OCH3 is 1. The Kier molecular flexibility index (Phi) is 8.53. The molecule has 0 spiro atoms. The van der Waals surface area contributed by atoms with E-state index in [1.807, 2.05) is 43.3 Å². The molecule has 0 unspecified atom stereocenters. The molecule has 0 bridgehead atoms. The summed E-state index contributed by atoms with van der Waals surface area (Å²) in [5.41, 5.74) is 3.03. The molecule has 1 saturated heterocycles. The van der Waals surface area contributed by atoms with E-state index in [2.05, 4.69) is 16.3 Å². The third kappa shape index (κ3) is 6.47. The number of hydrogen-bond acceptors (Lipinski definition) is 5. The van der Waals surface area contributed by atoms with E-state index in [0.29, 0.717) is 18.7 Å². The number of carbonyl (C=O) groups excluding carboxylic acids is 1. The first-order valence-corrected chi connectivity index (χ1v) is 10.7. The van der Waals surface area contributed by atoms with Gasteiger partial charge in [0.2, 0.25) is 0 Å². The van der Waals surface area contributed by atoms with Gasteiger partial charge in [0, 0.05) is 31.7 Å². The van der Waals surface area contributed by atoms with E-state index in [-0.39, 0.29) is 5.91 Å². The van der Waals surface area contributed by atoms with E-state index in [1.54, 1.807) is 7.11 Å². The number of aryl methyl sites for hydroxylation is 1. The normalized spacial score (nSPS) is 14.3. The van der Waals surface area contributed by atoms with Gasteiger partial charge in [-0.3, -0.25) is 9.69 Å². The van der Waals surface area contributed by atoms with Crippen molar-refractivity contribution in [3.63, 3.8) is 0 Å². The highest BCUT2D eigenvalue weighted by Crippen LogP contribution is 2.28. The zero-order chi connectivity index (χ0) is 21.2. The van der Waals surface area contributed by atoms with Crippen LogP contribution in [0.3, 0.4) is 0 Å². The van der Waals surface area contributed by atoms with Gasteiger partial charge in [0.1, 0.15) is 0 Å². The third-order valence-corrected chi connectivity index (χ3v) is 5.15. The minimum Gasteiger partial charge on any atom is -0.493 e. The molecule has 2 aromatic carbocycles. The molecule has 1 aliphatic rings. The fraction of sp³-hybridized carbons (Fsp3) is 0.458. The number of carbonyl (C=O) groups is 1. The van der Waals surface area contributed by atoms with Crippen LogP contribution in [-0.2, 0) is 17.7 Å². The molecule has 6 heteroatoms. The van der Waals surface area contributed by atoms with Gasteiger partial charge in [-0.2, -0.15) is 0 Å². The smallest absolute Gasteiger partial charge is 0.251 e. The average Bonchev–Trinajstić information content (AvgIpc) is 2.78. The number of nitrogens with one attached hydrogen (secondary N) is 1. The van der Waals surface area contributed by atoms with Crippen LogP contribution in [0.2, 0.25) is 0 Å². The number of nitrogens with zero attached hydrogens (tertiary/aromatic N) is 1. The van der Waals surface area contributed by atoms with E-state index >= 15 is 0 Å². The van der Waals surface area contributed by atoms with Gasteiger partial charge in [-0.25, -0.2) is 0 Å². The van der Waals surface area contributed by atoms with Crippen LogP contribution in [0.15, 0.2) is 42.5 Å². The molecule has 2 aromatic rings. The molecular weight excluding hydrogens is 380 g/mol. The maximum absolute atomic E-state index is 12.5. The van der Waals surface area contributed by atoms with Gasteiger partial charge in [-0.15, -0.1) is 0 Å². The Morgan fingerprint density at radius 2 is 1.93 bits per heavy atom. The Morgan fingerprint density at radius 3 is 2.70 bits per heavy atom. The number of hydrogen-bond donors (Lipinski definition) is 1. The second kappa shape index (κ2) is 11.6. The molecule has 1 fully saturated rings. The molecule has 30 heavy (non-hydrogen) atoms. The summed E-state index contributed by atoms with van der Waals surface area (Å²) in [7, 11) is 1.65. The van der Waals surface area contributed by atoms with E-state index in [9.17, 15) is 4.79 Å². The van der Waals surface area contributed by atoms with E-state index in [0.717, 1.165) is 68.3 Å². The predicted octanol–water partition coefficient (Wildman–Crippen LogP) is 3.29. The summed E-state index contributed by atoms with van der Waals surface area (Å²) >= 11 is 0. The Bertz CT molecular complexity index is 819. The van der Waals surface area contributed by atoms with Gasteiger partial charge in [0.05, 0.1) is 26.9 Å². The molecule has 0 aliphatic carbocycles. The molecule has 0 aromatic heterocycles. The minimum atomic E-state index is -0.0249. The van der Waals surface area contributed by atoms with Crippen LogP contribution in [0.1, 0.15) is 34.8 Å². The quantitative estimate of drug-likeness (QED) is 0.607. The fourth-order valence-electron chi connectivity index (χ4n) is 3.57. The fourth-order valence-corrected chi connectivity index (χ4v) is 3.57. The Morgan fingerprint density at radius 1 is 1.10 bits per heavy atom. The van der Waals surface area contributed by atoms with Crippen LogP contribution >= 0.6 is 0 Å². The lowest BCUT2D eigenvalue weighted by Gasteiger charge is -2.26. The van der Waals surface area contributed by atoms with Crippen molar-refractivity contribution in [3.8, 4) is 11.5 Å². The Labute approximate surface area is 179 Å². The molecule has 1 aliphatic heterocycles. The van der Waals surface area contributed by atoms with Crippen molar-refractivity contribution in [1.29, 1.82) is 0 Å². The molecule has 6 nitrogen and oxygen atoms in total. The minimum absolute atomic E-state index is 0.0249. The molecule has 0 saturated carbocycles. The SMILES string of the molecule is CCOc1ccc(CCCNC(=O)c2cccc(CN3CCOCC3)c2)cc1OC. The van der Waals surface area contributed by atoms with Crippen molar-refractivity contribution in [1.82, 2.24) is 10.2 Å². The number of amides is 1. The van der Waals surface area contributed by atoms with Crippen molar-refractivity contribution in [2.45, 2.75) is 26.3 Å². The molecule has 162 valence electrons. The second-order valence-electron chi connectivity index (χ2n) is 7.37. The van der Waals surface area contributed by atoms with Crippen molar-refractivity contribution < 1.29 is 19.0 Å². The number of rotatable bonds is 10. The summed E-state index contributed by atoms with van der Waals surface area (Å²) in [5, 5.41) is 3.03. The van der Waals surface area contributed by atoms with Crippen molar-refractivity contribution in [3.05, 3.63) is 59.2 Å². The summed E-state index contributed by atoms with van der Waals surface area (Å²) in [6.07, 6.45) is 1.72. The van der Waals surface area contributed by atoms with Gasteiger partial charge in [-0.1, -0.05) is 18.2 Å². The Balaban J connectivity index is 1.46. The average molecular weight is 413 g/mol. The van der Waals surface area contributed by atoms with Gasteiger partial charge in [-0.05, 0) is 55.2 Å². The predicted molar refractivity (Wildman–Crippen MR) is 117 cm³/mol. The number of morpholine rings is 1. The highest BCUT2D eigenvalue weighted by atomic mass is 16.5. The van der Waals surface area contributed by atoms with E-state index in [1.165, 1.54) is 0 Å². The maximum Gasteiger partial charge on any atom is 0.251 e. The lowest BCUT2D eigenvalue weighted by Crippen LogP contribution is -2.35. The Hall–Kier alpha value is -2.57. The first-order valence-electron chi connectivity index (χ1n) is 10.7. The summed E-state index contributed by atoms with van der Waals surface area (Å²) in [6, 6.07) is 13.9. The van der Waals surface area contributed by atoms with Gasteiger partial charge < -0.3 is 19.5 Å². The van der Waals surface area contributed by atoms with Crippen LogP contribution < -0.4 is 14.8 Å². The number of ether oxygens (including phenoxy) is 3. The molecule has 1 heterocycles. The first kappa shape index (κ1) is 22.1.